The Morgan fingerprint density at radius 1 is 1.26 bits per heavy atom. The van der Waals surface area contributed by atoms with Crippen molar-refractivity contribution < 1.29 is 4.74 Å². The zero-order chi connectivity index (χ0) is 13.7. The lowest BCUT2D eigenvalue weighted by Gasteiger charge is -2.13. The zero-order valence-electron chi connectivity index (χ0n) is 10.8. The van der Waals surface area contributed by atoms with Crippen LogP contribution in [0.1, 0.15) is 6.92 Å². The molecule has 2 aromatic rings. The first-order valence-corrected chi connectivity index (χ1v) is 6.69. The zero-order valence-corrected chi connectivity index (χ0v) is 12.4. The smallest absolute Gasteiger partial charge is 0.204 e. The molecule has 0 spiro atoms. The molecule has 0 aliphatic rings. The van der Waals surface area contributed by atoms with Crippen molar-refractivity contribution in [3.63, 3.8) is 0 Å². The van der Waals surface area contributed by atoms with Gasteiger partial charge >= 0.3 is 0 Å². The summed E-state index contributed by atoms with van der Waals surface area (Å²) < 4.78 is 6.37. The Labute approximate surface area is 120 Å². The number of anilines is 3. The molecule has 6 heteroatoms. The van der Waals surface area contributed by atoms with E-state index in [1.165, 1.54) is 6.33 Å². The van der Waals surface area contributed by atoms with Crippen molar-refractivity contribution in [2.45, 2.75) is 6.92 Å². The Bertz CT molecular complexity index is 562. The SMILES string of the molecule is CCNc1ncnc(Nc2cccc(Br)c2)c1OC. The van der Waals surface area contributed by atoms with Gasteiger partial charge in [0.25, 0.3) is 0 Å². The van der Waals surface area contributed by atoms with Gasteiger partial charge in [-0.05, 0) is 25.1 Å². The van der Waals surface area contributed by atoms with Crippen molar-refractivity contribution in [3.8, 4) is 5.75 Å². The second-order valence-electron chi connectivity index (χ2n) is 3.77. The van der Waals surface area contributed by atoms with Gasteiger partial charge in [-0.3, -0.25) is 0 Å². The number of aromatic nitrogens is 2. The number of halogens is 1. The lowest BCUT2D eigenvalue weighted by molar-refractivity contribution is 0.415. The maximum atomic E-state index is 5.37. The largest absolute Gasteiger partial charge is 0.490 e. The van der Waals surface area contributed by atoms with E-state index in [0.29, 0.717) is 17.4 Å². The fraction of sp³-hybridized carbons (Fsp3) is 0.231. The van der Waals surface area contributed by atoms with Crippen molar-refractivity contribution in [1.82, 2.24) is 9.97 Å². The summed E-state index contributed by atoms with van der Waals surface area (Å²) >= 11 is 3.43. The van der Waals surface area contributed by atoms with E-state index in [4.69, 9.17) is 4.74 Å². The number of rotatable bonds is 5. The summed E-state index contributed by atoms with van der Waals surface area (Å²) in [6.07, 6.45) is 1.50. The quantitative estimate of drug-likeness (QED) is 0.883. The van der Waals surface area contributed by atoms with E-state index in [9.17, 15) is 0 Å². The van der Waals surface area contributed by atoms with Crippen LogP contribution in [0, 0.1) is 0 Å². The normalized spacial score (nSPS) is 10.1. The van der Waals surface area contributed by atoms with Crippen LogP contribution in [-0.2, 0) is 0 Å². The Morgan fingerprint density at radius 2 is 2.05 bits per heavy atom. The molecule has 1 aromatic carbocycles. The van der Waals surface area contributed by atoms with Gasteiger partial charge in [0, 0.05) is 16.7 Å². The molecule has 2 rings (SSSR count). The highest BCUT2D eigenvalue weighted by atomic mass is 79.9. The Kier molecular flexibility index (Phi) is 4.57. The van der Waals surface area contributed by atoms with Crippen LogP contribution in [0.3, 0.4) is 0 Å². The molecule has 0 radical (unpaired) electrons. The molecule has 0 atom stereocenters. The van der Waals surface area contributed by atoms with Crippen LogP contribution in [0.5, 0.6) is 5.75 Å². The highest BCUT2D eigenvalue weighted by molar-refractivity contribution is 9.10. The van der Waals surface area contributed by atoms with Gasteiger partial charge in [-0.15, -0.1) is 0 Å². The average Bonchev–Trinajstić information content (AvgIpc) is 2.39. The van der Waals surface area contributed by atoms with E-state index in [2.05, 4.69) is 36.5 Å². The molecule has 1 heterocycles. The van der Waals surface area contributed by atoms with Crippen molar-refractivity contribution in [2.75, 3.05) is 24.3 Å². The van der Waals surface area contributed by atoms with Crippen molar-refractivity contribution in [1.29, 1.82) is 0 Å². The highest BCUT2D eigenvalue weighted by Crippen LogP contribution is 2.31. The average molecular weight is 323 g/mol. The van der Waals surface area contributed by atoms with E-state index < -0.39 is 0 Å². The molecule has 0 amide bonds. The molecule has 0 bridgehead atoms. The molecule has 0 unspecified atom stereocenters. The maximum absolute atomic E-state index is 5.37. The van der Waals surface area contributed by atoms with E-state index in [1.54, 1.807) is 7.11 Å². The molecule has 100 valence electrons. The standard InChI is InChI=1S/C13H15BrN4O/c1-3-15-12-11(19-2)13(17-8-16-12)18-10-6-4-5-9(14)7-10/h4-8H,3H2,1-2H3,(H2,15,16,17,18). The van der Waals surface area contributed by atoms with Crippen LogP contribution < -0.4 is 15.4 Å². The minimum atomic E-state index is 0.601. The van der Waals surface area contributed by atoms with Crippen LogP contribution in [0.4, 0.5) is 17.3 Å². The van der Waals surface area contributed by atoms with Gasteiger partial charge in [0.2, 0.25) is 5.75 Å². The fourth-order valence-corrected chi connectivity index (χ4v) is 2.05. The minimum absolute atomic E-state index is 0.601. The predicted molar refractivity (Wildman–Crippen MR) is 80.2 cm³/mol. The molecule has 0 aliphatic heterocycles. The molecule has 0 saturated heterocycles. The number of hydrogen-bond donors (Lipinski definition) is 2. The Balaban J connectivity index is 2.31. The van der Waals surface area contributed by atoms with Gasteiger partial charge < -0.3 is 15.4 Å². The van der Waals surface area contributed by atoms with Gasteiger partial charge in [-0.25, -0.2) is 9.97 Å². The predicted octanol–water partition coefficient (Wildman–Crippen LogP) is 3.42. The summed E-state index contributed by atoms with van der Waals surface area (Å²) in [6, 6.07) is 7.84. The molecule has 0 saturated carbocycles. The number of nitrogens with zero attached hydrogens (tertiary/aromatic N) is 2. The van der Waals surface area contributed by atoms with E-state index >= 15 is 0 Å². The molecule has 0 aliphatic carbocycles. The fourth-order valence-electron chi connectivity index (χ4n) is 1.65. The minimum Gasteiger partial charge on any atom is -0.490 e. The molecule has 2 N–H and O–H groups in total. The first-order valence-electron chi connectivity index (χ1n) is 5.90. The van der Waals surface area contributed by atoms with Crippen LogP contribution in [0.2, 0.25) is 0 Å². The first-order chi connectivity index (χ1) is 9.24. The lowest BCUT2D eigenvalue weighted by atomic mass is 10.3. The van der Waals surface area contributed by atoms with Crippen molar-refractivity contribution in [3.05, 3.63) is 35.1 Å². The van der Waals surface area contributed by atoms with Gasteiger partial charge in [0.1, 0.15) is 6.33 Å². The number of ether oxygens (including phenoxy) is 1. The Morgan fingerprint density at radius 3 is 2.74 bits per heavy atom. The topological polar surface area (TPSA) is 59.1 Å². The van der Waals surface area contributed by atoms with Crippen LogP contribution >= 0.6 is 15.9 Å². The van der Waals surface area contributed by atoms with E-state index in [0.717, 1.165) is 16.7 Å². The molecular formula is C13H15BrN4O. The van der Waals surface area contributed by atoms with Crippen LogP contribution in [0.15, 0.2) is 35.1 Å². The summed E-state index contributed by atoms with van der Waals surface area (Å²) in [7, 11) is 1.60. The Hall–Kier alpha value is -1.82. The third-order valence-electron chi connectivity index (χ3n) is 2.44. The van der Waals surface area contributed by atoms with E-state index in [-0.39, 0.29) is 0 Å². The summed E-state index contributed by atoms with van der Waals surface area (Å²) in [6.45, 7) is 2.77. The molecule has 19 heavy (non-hydrogen) atoms. The summed E-state index contributed by atoms with van der Waals surface area (Å²) in [5.74, 6) is 1.91. The second kappa shape index (κ2) is 6.38. The van der Waals surface area contributed by atoms with Gasteiger partial charge in [0.05, 0.1) is 7.11 Å². The monoisotopic (exact) mass is 322 g/mol. The summed E-state index contributed by atoms with van der Waals surface area (Å²) in [4.78, 5) is 8.38. The van der Waals surface area contributed by atoms with Crippen LogP contribution in [0.25, 0.3) is 0 Å². The second-order valence-corrected chi connectivity index (χ2v) is 4.69. The number of methoxy groups -OCH3 is 1. The summed E-state index contributed by atoms with van der Waals surface area (Å²) in [5.41, 5.74) is 0.925. The molecule has 0 fully saturated rings. The molecule has 1 aromatic heterocycles. The van der Waals surface area contributed by atoms with E-state index in [1.807, 2.05) is 31.2 Å². The van der Waals surface area contributed by atoms with Crippen LogP contribution in [-0.4, -0.2) is 23.6 Å². The number of nitrogens with one attached hydrogen (secondary N) is 2. The third kappa shape index (κ3) is 3.35. The van der Waals surface area contributed by atoms with Crippen molar-refractivity contribution in [2.24, 2.45) is 0 Å². The lowest BCUT2D eigenvalue weighted by Crippen LogP contribution is -2.05. The van der Waals surface area contributed by atoms with Crippen molar-refractivity contribution >= 4 is 33.3 Å². The summed E-state index contributed by atoms with van der Waals surface area (Å²) in [5, 5.41) is 6.36. The maximum Gasteiger partial charge on any atom is 0.204 e. The highest BCUT2D eigenvalue weighted by Gasteiger charge is 2.11. The van der Waals surface area contributed by atoms with Gasteiger partial charge in [-0.1, -0.05) is 22.0 Å². The molecule has 5 nitrogen and oxygen atoms in total. The molecular weight excluding hydrogens is 308 g/mol. The first kappa shape index (κ1) is 13.6. The number of hydrogen-bond acceptors (Lipinski definition) is 5. The van der Waals surface area contributed by atoms with Gasteiger partial charge in [0.15, 0.2) is 11.6 Å². The third-order valence-corrected chi connectivity index (χ3v) is 2.93. The van der Waals surface area contributed by atoms with Gasteiger partial charge in [-0.2, -0.15) is 0 Å². The number of benzene rings is 1.